The topological polar surface area (TPSA) is 65.4 Å². The zero-order valence-corrected chi connectivity index (χ0v) is 18.9. The van der Waals surface area contributed by atoms with Crippen molar-refractivity contribution < 1.29 is 9.53 Å². The van der Waals surface area contributed by atoms with Crippen LogP contribution in [0.15, 0.2) is 42.5 Å². The maximum Gasteiger partial charge on any atom is 0.254 e. The van der Waals surface area contributed by atoms with Crippen LogP contribution < -0.4 is 10.1 Å². The summed E-state index contributed by atoms with van der Waals surface area (Å²) in [6.07, 6.45) is 6.09. The van der Waals surface area contributed by atoms with Gasteiger partial charge in [0.15, 0.2) is 0 Å². The molecule has 3 aliphatic rings. The van der Waals surface area contributed by atoms with E-state index in [2.05, 4.69) is 28.4 Å². The smallest absolute Gasteiger partial charge is 0.254 e. The van der Waals surface area contributed by atoms with Gasteiger partial charge in [0, 0.05) is 36.6 Å². The molecule has 0 radical (unpaired) electrons. The number of nitrogens with one attached hydrogen (secondary N) is 1. The summed E-state index contributed by atoms with van der Waals surface area (Å²) in [5, 5.41) is 12.9. The van der Waals surface area contributed by atoms with E-state index in [9.17, 15) is 4.79 Å². The van der Waals surface area contributed by atoms with Crippen molar-refractivity contribution in [3.63, 3.8) is 0 Å². The zero-order valence-electron chi connectivity index (χ0n) is 18.1. The summed E-state index contributed by atoms with van der Waals surface area (Å²) < 4.78 is 6.20. The minimum Gasteiger partial charge on any atom is -0.490 e. The fraction of sp³-hybridized carbons (Fsp3) is 0.462. The first-order valence-corrected chi connectivity index (χ1v) is 12.0. The highest BCUT2D eigenvalue weighted by molar-refractivity contribution is 6.31. The van der Waals surface area contributed by atoms with Gasteiger partial charge in [-0.25, -0.2) is 0 Å². The van der Waals surface area contributed by atoms with Crippen molar-refractivity contribution in [3.05, 3.63) is 64.2 Å². The number of fused-ring (bicyclic) bond motifs is 2. The third-order valence-corrected chi connectivity index (χ3v) is 7.57. The molecular formula is C26H28ClN3O2. The van der Waals surface area contributed by atoms with Crippen molar-refractivity contribution in [1.82, 2.24) is 10.2 Å². The van der Waals surface area contributed by atoms with Gasteiger partial charge in [0.2, 0.25) is 0 Å². The van der Waals surface area contributed by atoms with Gasteiger partial charge < -0.3 is 15.0 Å². The number of piperidine rings is 2. The molecule has 3 aliphatic heterocycles. The SMILES string of the molecule is N#Cc1ccc(OC2C[C@H]3CC[C@@H](C2)N3C(=O)c2ccc(C3CCNCC3)cc2)cc1Cl. The van der Waals surface area contributed by atoms with Gasteiger partial charge in [-0.15, -0.1) is 0 Å². The zero-order chi connectivity index (χ0) is 22.1. The molecule has 1 amide bonds. The predicted molar refractivity (Wildman–Crippen MR) is 124 cm³/mol. The minimum atomic E-state index is 0.0582. The molecule has 0 spiro atoms. The number of rotatable bonds is 4. The molecule has 6 heteroatoms. The van der Waals surface area contributed by atoms with E-state index in [1.807, 2.05) is 12.1 Å². The quantitative estimate of drug-likeness (QED) is 0.721. The Labute approximate surface area is 194 Å². The molecule has 2 bridgehead atoms. The van der Waals surface area contributed by atoms with Gasteiger partial charge in [-0.05, 0) is 74.5 Å². The van der Waals surface area contributed by atoms with Gasteiger partial charge in [-0.2, -0.15) is 5.26 Å². The number of carbonyl (C=O) groups excluding carboxylic acids is 1. The number of benzene rings is 2. The van der Waals surface area contributed by atoms with E-state index >= 15 is 0 Å². The van der Waals surface area contributed by atoms with Crippen molar-refractivity contribution in [3.8, 4) is 11.8 Å². The first kappa shape index (κ1) is 21.3. The lowest BCUT2D eigenvalue weighted by Crippen LogP contribution is -2.49. The van der Waals surface area contributed by atoms with Gasteiger partial charge in [0.1, 0.15) is 17.9 Å². The molecule has 0 saturated carbocycles. The lowest BCUT2D eigenvalue weighted by Gasteiger charge is -2.39. The van der Waals surface area contributed by atoms with Crippen LogP contribution in [0.25, 0.3) is 0 Å². The van der Waals surface area contributed by atoms with E-state index in [-0.39, 0.29) is 24.1 Å². The number of hydrogen-bond acceptors (Lipinski definition) is 4. The molecule has 166 valence electrons. The molecule has 32 heavy (non-hydrogen) atoms. The second-order valence-electron chi connectivity index (χ2n) is 9.21. The Balaban J connectivity index is 1.24. The monoisotopic (exact) mass is 449 g/mol. The number of hydrogen-bond donors (Lipinski definition) is 1. The van der Waals surface area contributed by atoms with Crippen molar-refractivity contribution in [2.24, 2.45) is 0 Å². The molecule has 3 atom stereocenters. The number of nitriles is 1. The van der Waals surface area contributed by atoms with E-state index in [4.69, 9.17) is 21.6 Å². The summed E-state index contributed by atoms with van der Waals surface area (Å²) in [6.45, 7) is 2.14. The van der Waals surface area contributed by atoms with Gasteiger partial charge in [-0.3, -0.25) is 4.79 Å². The van der Waals surface area contributed by atoms with Crippen LogP contribution in [0.1, 0.15) is 65.9 Å². The molecule has 1 unspecified atom stereocenters. The highest BCUT2D eigenvalue weighted by Gasteiger charge is 2.44. The molecule has 0 aromatic heterocycles. The summed E-state index contributed by atoms with van der Waals surface area (Å²) in [4.78, 5) is 15.5. The summed E-state index contributed by atoms with van der Waals surface area (Å²) >= 11 is 6.15. The molecule has 2 aromatic rings. The van der Waals surface area contributed by atoms with Gasteiger partial charge in [0.05, 0.1) is 10.6 Å². The molecular weight excluding hydrogens is 422 g/mol. The fourth-order valence-electron chi connectivity index (χ4n) is 5.61. The third kappa shape index (κ3) is 4.22. The summed E-state index contributed by atoms with van der Waals surface area (Å²) in [6, 6.07) is 16.0. The van der Waals surface area contributed by atoms with Gasteiger partial charge >= 0.3 is 0 Å². The van der Waals surface area contributed by atoms with Crippen LogP contribution in [0.3, 0.4) is 0 Å². The average Bonchev–Trinajstić information content (AvgIpc) is 3.09. The van der Waals surface area contributed by atoms with Crippen molar-refractivity contribution in [2.75, 3.05) is 13.1 Å². The number of halogens is 1. The van der Waals surface area contributed by atoms with Crippen LogP contribution in [0.4, 0.5) is 0 Å². The third-order valence-electron chi connectivity index (χ3n) is 7.26. The maximum atomic E-state index is 13.4. The first-order chi connectivity index (χ1) is 15.6. The molecule has 1 N–H and O–H groups in total. The lowest BCUT2D eigenvalue weighted by molar-refractivity contribution is 0.0359. The highest BCUT2D eigenvalue weighted by Crippen LogP contribution is 2.39. The van der Waals surface area contributed by atoms with Crippen LogP contribution in [0.5, 0.6) is 5.75 Å². The number of carbonyl (C=O) groups is 1. The predicted octanol–water partition coefficient (Wildman–Crippen LogP) is 4.89. The average molecular weight is 450 g/mol. The molecule has 5 nitrogen and oxygen atoms in total. The first-order valence-electron chi connectivity index (χ1n) is 11.6. The van der Waals surface area contributed by atoms with E-state index in [0.29, 0.717) is 22.3 Å². The Hall–Kier alpha value is -2.55. The Morgan fingerprint density at radius 2 is 1.72 bits per heavy atom. The van der Waals surface area contributed by atoms with Crippen LogP contribution >= 0.6 is 11.6 Å². The second kappa shape index (κ2) is 9.13. The molecule has 0 aliphatic carbocycles. The Morgan fingerprint density at radius 3 is 2.34 bits per heavy atom. The van der Waals surface area contributed by atoms with Gasteiger partial charge in [-0.1, -0.05) is 23.7 Å². The summed E-state index contributed by atoms with van der Waals surface area (Å²) in [5.41, 5.74) is 2.59. The summed E-state index contributed by atoms with van der Waals surface area (Å²) in [7, 11) is 0. The van der Waals surface area contributed by atoms with E-state index < -0.39 is 0 Å². The van der Waals surface area contributed by atoms with Crippen LogP contribution in [0, 0.1) is 11.3 Å². The van der Waals surface area contributed by atoms with Gasteiger partial charge in [0.25, 0.3) is 5.91 Å². The standard InChI is InChI=1S/C26H28ClN3O2/c27-25-15-23(8-5-20(25)16-28)32-24-13-21-6-7-22(14-24)30(21)26(31)19-3-1-17(2-4-19)18-9-11-29-12-10-18/h1-5,8,15,18,21-22,24,29H,6-7,9-14H2/t21-,22+,24?. The normalized spacial score (nSPS) is 25.4. The summed E-state index contributed by atoms with van der Waals surface area (Å²) in [5.74, 6) is 1.43. The molecule has 3 fully saturated rings. The van der Waals surface area contributed by atoms with E-state index in [1.54, 1.807) is 18.2 Å². The van der Waals surface area contributed by atoms with E-state index in [0.717, 1.165) is 57.2 Å². The van der Waals surface area contributed by atoms with Crippen LogP contribution in [0.2, 0.25) is 5.02 Å². The number of nitrogens with zero attached hydrogens (tertiary/aromatic N) is 2. The van der Waals surface area contributed by atoms with Crippen molar-refractivity contribution in [2.45, 2.75) is 62.6 Å². The largest absolute Gasteiger partial charge is 0.490 e. The molecule has 3 saturated heterocycles. The Bertz CT molecular complexity index is 1010. The minimum absolute atomic E-state index is 0.0582. The van der Waals surface area contributed by atoms with E-state index in [1.165, 1.54) is 5.56 Å². The Kier molecular flexibility index (Phi) is 6.08. The number of amides is 1. The van der Waals surface area contributed by atoms with Crippen LogP contribution in [-0.4, -0.2) is 42.1 Å². The lowest BCUT2D eigenvalue weighted by atomic mass is 9.89. The molecule has 5 rings (SSSR count). The van der Waals surface area contributed by atoms with Crippen molar-refractivity contribution in [1.29, 1.82) is 5.26 Å². The number of ether oxygens (including phenoxy) is 1. The Morgan fingerprint density at radius 1 is 1.03 bits per heavy atom. The molecule has 3 heterocycles. The fourth-order valence-corrected chi connectivity index (χ4v) is 5.82. The second-order valence-corrected chi connectivity index (χ2v) is 9.62. The van der Waals surface area contributed by atoms with Crippen molar-refractivity contribution >= 4 is 17.5 Å². The van der Waals surface area contributed by atoms with Crippen LogP contribution in [-0.2, 0) is 0 Å². The highest BCUT2D eigenvalue weighted by atomic mass is 35.5. The molecule has 2 aromatic carbocycles. The maximum absolute atomic E-state index is 13.4.